The summed E-state index contributed by atoms with van der Waals surface area (Å²) in [5, 5.41) is 0. The van der Waals surface area contributed by atoms with Crippen LogP contribution in [-0.4, -0.2) is 16.3 Å². The summed E-state index contributed by atoms with van der Waals surface area (Å²) >= 11 is 0. The molecule has 3 nitrogen and oxygen atoms in total. The minimum Gasteiger partial charge on any atom is -0.298 e. The Labute approximate surface area is 94.2 Å². The number of nitrogens with zero attached hydrogens (tertiary/aromatic N) is 2. The molecule has 0 saturated heterocycles. The summed E-state index contributed by atoms with van der Waals surface area (Å²) in [5.74, 6) is 0. The van der Waals surface area contributed by atoms with Gasteiger partial charge >= 0.3 is 0 Å². The number of carbonyl (C=O) groups is 1. The largest absolute Gasteiger partial charge is 0.298 e. The van der Waals surface area contributed by atoms with Gasteiger partial charge in [-0.3, -0.25) is 4.79 Å². The molecule has 0 aliphatic rings. The van der Waals surface area contributed by atoms with Crippen LogP contribution >= 0.6 is 0 Å². The van der Waals surface area contributed by atoms with E-state index in [4.69, 9.17) is 0 Å². The second-order valence-electron chi connectivity index (χ2n) is 3.77. The molecule has 0 radical (unpaired) electrons. The molecule has 0 bridgehead atoms. The maximum absolute atomic E-state index is 10.8. The molecular formula is C13H12N2O. The van der Waals surface area contributed by atoms with Gasteiger partial charge in [-0.2, -0.15) is 0 Å². The molecule has 0 fully saturated rings. The molecule has 2 aromatic rings. The third kappa shape index (κ3) is 1.84. The quantitative estimate of drug-likeness (QED) is 0.718. The standard InChI is InChI=1S/C13H12N2O/c1-9-4-13(10(2)3-11(9)7-16)12-5-14-8-15-6-12/h3-8H,1-2H3. The molecular weight excluding hydrogens is 200 g/mol. The van der Waals surface area contributed by atoms with E-state index in [-0.39, 0.29) is 0 Å². The number of rotatable bonds is 2. The molecule has 0 aliphatic heterocycles. The number of aromatic nitrogens is 2. The number of benzene rings is 1. The van der Waals surface area contributed by atoms with Gasteiger partial charge in [-0.15, -0.1) is 0 Å². The molecule has 1 heterocycles. The molecule has 0 unspecified atom stereocenters. The fourth-order valence-corrected chi connectivity index (χ4v) is 1.71. The van der Waals surface area contributed by atoms with E-state index >= 15 is 0 Å². The van der Waals surface area contributed by atoms with Gasteiger partial charge in [0.1, 0.15) is 12.6 Å². The molecule has 16 heavy (non-hydrogen) atoms. The van der Waals surface area contributed by atoms with Crippen LogP contribution in [-0.2, 0) is 0 Å². The van der Waals surface area contributed by atoms with E-state index in [1.807, 2.05) is 26.0 Å². The Balaban J connectivity index is 2.59. The number of hydrogen-bond donors (Lipinski definition) is 0. The van der Waals surface area contributed by atoms with Crippen molar-refractivity contribution in [1.29, 1.82) is 0 Å². The minimum atomic E-state index is 0.734. The van der Waals surface area contributed by atoms with Crippen molar-refractivity contribution < 1.29 is 4.79 Å². The van der Waals surface area contributed by atoms with Gasteiger partial charge in [0, 0.05) is 23.5 Å². The van der Waals surface area contributed by atoms with Crippen LogP contribution in [0, 0.1) is 13.8 Å². The van der Waals surface area contributed by atoms with E-state index in [0.29, 0.717) is 0 Å². The number of aryl methyl sites for hydroxylation is 2. The van der Waals surface area contributed by atoms with Crippen LogP contribution in [0.5, 0.6) is 0 Å². The van der Waals surface area contributed by atoms with Gasteiger partial charge in [0.05, 0.1) is 0 Å². The van der Waals surface area contributed by atoms with Crippen LogP contribution in [0.3, 0.4) is 0 Å². The summed E-state index contributed by atoms with van der Waals surface area (Å²) < 4.78 is 0. The molecule has 3 heteroatoms. The normalized spacial score (nSPS) is 10.1. The summed E-state index contributed by atoms with van der Waals surface area (Å²) in [4.78, 5) is 18.8. The van der Waals surface area contributed by atoms with Crippen LogP contribution in [0.15, 0.2) is 30.9 Å². The van der Waals surface area contributed by atoms with Gasteiger partial charge in [0.2, 0.25) is 0 Å². The smallest absolute Gasteiger partial charge is 0.150 e. The Morgan fingerprint density at radius 2 is 1.75 bits per heavy atom. The minimum absolute atomic E-state index is 0.734. The molecule has 0 amide bonds. The Hall–Kier alpha value is -2.03. The van der Waals surface area contributed by atoms with Gasteiger partial charge < -0.3 is 0 Å². The number of carbonyl (C=O) groups excluding carboxylic acids is 1. The molecule has 0 N–H and O–H groups in total. The van der Waals surface area contributed by atoms with E-state index < -0.39 is 0 Å². The maximum Gasteiger partial charge on any atom is 0.150 e. The fourth-order valence-electron chi connectivity index (χ4n) is 1.71. The van der Waals surface area contributed by atoms with E-state index in [9.17, 15) is 4.79 Å². The lowest BCUT2D eigenvalue weighted by Crippen LogP contribution is -1.92. The third-order valence-corrected chi connectivity index (χ3v) is 2.61. The van der Waals surface area contributed by atoms with E-state index in [1.54, 1.807) is 12.4 Å². The zero-order chi connectivity index (χ0) is 11.5. The molecule has 1 aromatic heterocycles. The summed E-state index contributed by atoms with van der Waals surface area (Å²) in [5.41, 5.74) is 4.81. The number of aldehydes is 1. The predicted molar refractivity (Wildman–Crippen MR) is 62.3 cm³/mol. The first-order valence-electron chi connectivity index (χ1n) is 5.04. The van der Waals surface area contributed by atoms with Crippen molar-refractivity contribution >= 4 is 6.29 Å². The van der Waals surface area contributed by atoms with Gasteiger partial charge in [-0.1, -0.05) is 6.07 Å². The SMILES string of the molecule is Cc1cc(-c2cncnc2)c(C)cc1C=O. The van der Waals surface area contributed by atoms with E-state index in [0.717, 1.165) is 34.1 Å². The highest BCUT2D eigenvalue weighted by atomic mass is 16.1. The summed E-state index contributed by atoms with van der Waals surface area (Å²) in [7, 11) is 0. The summed E-state index contributed by atoms with van der Waals surface area (Å²) in [6, 6.07) is 3.89. The first-order chi connectivity index (χ1) is 7.72. The molecule has 0 saturated carbocycles. The second-order valence-corrected chi connectivity index (χ2v) is 3.77. The topological polar surface area (TPSA) is 42.9 Å². The van der Waals surface area contributed by atoms with Gasteiger partial charge in [0.15, 0.2) is 0 Å². The van der Waals surface area contributed by atoms with Crippen molar-refractivity contribution in [2.45, 2.75) is 13.8 Å². The third-order valence-electron chi connectivity index (χ3n) is 2.61. The fraction of sp³-hybridized carbons (Fsp3) is 0.154. The monoisotopic (exact) mass is 212 g/mol. The molecule has 1 aromatic carbocycles. The lowest BCUT2D eigenvalue weighted by Gasteiger charge is -2.08. The number of hydrogen-bond acceptors (Lipinski definition) is 3. The lowest BCUT2D eigenvalue weighted by molar-refractivity contribution is 0.112. The zero-order valence-corrected chi connectivity index (χ0v) is 9.27. The Morgan fingerprint density at radius 1 is 1.06 bits per heavy atom. The maximum atomic E-state index is 10.8. The van der Waals surface area contributed by atoms with Crippen LogP contribution in [0.25, 0.3) is 11.1 Å². The van der Waals surface area contributed by atoms with Crippen molar-refractivity contribution in [1.82, 2.24) is 9.97 Å². The first-order valence-corrected chi connectivity index (χ1v) is 5.04. The Morgan fingerprint density at radius 3 is 2.38 bits per heavy atom. The van der Waals surface area contributed by atoms with Crippen molar-refractivity contribution in [3.05, 3.63) is 47.5 Å². The molecule has 80 valence electrons. The highest BCUT2D eigenvalue weighted by Crippen LogP contribution is 2.24. The van der Waals surface area contributed by atoms with Crippen LogP contribution in [0.2, 0.25) is 0 Å². The van der Waals surface area contributed by atoms with Crippen molar-refractivity contribution in [2.24, 2.45) is 0 Å². The second kappa shape index (κ2) is 4.23. The first kappa shape index (κ1) is 10.5. The Kier molecular flexibility index (Phi) is 2.77. The van der Waals surface area contributed by atoms with E-state index in [2.05, 4.69) is 9.97 Å². The van der Waals surface area contributed by atoms with Crippen molar-refractivity contribution in [3.63, 3.8) is 0 Å². The van der Waals surface area contributed by atoms with Gasteiger partial charge in [0.25, 0.3) is 0 Å². The van der Waals surface area contributed by atoms with Gasteiger partial charge in [-0.25, -0.2) is 9.97 Å². The van der Waals surface area contributed by atoms with Crippen molar-refractivity contribution in [3.8, 4) is 11.1 Å². The lowest BCUT2D eigenvalue weighted by atomic mass is 9.97. The Bertz CT molecular complexity index is 521. The predicted octanol–water partition coefficient (Wildman–Crippen LogP) is 2.57. The molecule has 0 aliphatic carbocycles. The van der Waals surface area contributed by atoms with Crippen molar-refractivity contribution in [2.75, 3.05) is 0 Å². The van der Waals surface area contributed by atoms with Gasteiger partial charge in [-0.05, 0) is 36.6 Å². The van der Waals surface area contributed by atoms with Crippen LogP contribution in [0.1, 0.15) is 21.5 Å². The summed E-state index contributed by atoms with van der Waals surface area (Å²) in [6.45, 7) is 3.91. The summed E-state index contributed by atoms with van der Waals surface area (Å²) in [6.07, 6.45) is 5.93. The van der Waals surface area contributed by atoms with E-state index in [1.165, 1.54) is 6.33 Å². The highest BCUT2D eigenvalue weighted by Gasteiger charge is 2.06. The molecule has 0 spiro atoms. The molecule has 2 rings (SSSR count). The van der Waals surface area contributed by atoms with Crippen LogP contribution < -0.4 is 0 Å². The van der Waals surface area contributed by atoms with Crippen LogP contribution in [0.4, 0.5) is 0 Å². The molecule has 0 atom stereocenters. The average Bonchev–Trinajstić information content (AvgIpc) is 2.32. The zero-order valence-electron chi connectivity index (χ0n) is 9.27. The highest BCUT2D eigenvalue weighted by molar-refractivity contribution is 5.80. The average molecular weight is 212 g/mol.